The van der Waals surface area contributed by atoms with Gasteiger partial charge in [0.15, 0.2) is 0 Å². The first-order valence-electron chi connectivity index (χ1n) is 9.55. The average molecular weight is 406 g/mol. The van der Waals surface area contributed by atoms with Crippen LogP contribution in [0.3, 0.4) is 0 Å². The molecule has 0 bridgehead atoms. The third kappa shape index (κ3) is 3.62. The van der Waals surface area contributed by atoms with E-state index in [9.17, 15) is 18.7 Å². The minimum Gasteiger partial charge on any atom is -0.386 e. The van der Waals surface area contributed by atoms with Crippen LogP contribution in [0.4, 0.5) is 8.78 Å². The van der Waals surface area contributed by atoms with E-state index in [1.807, 2.05) is 44.2 Å². The molecule has 30 heavy (non-hydrogen) atoms. The van der Waals surface area contributed by atoms with Gasteiger partial charge in [-0.15, -0.1) is 0 Å². The van der Waals surface area contributed by atoms with Crippen molar-refractivity contribution in [3.05, 3.63) is 99.3 Å². The molecule has 0 saturated heterocycles. The van der Waals surface area contributed by atoms with Crippen molar-refractivity contribution in [3.63, 3.8) is 0 Å². The molecule has 1 aromatic heterocycles. The maximum Gasteiger partial charge on any atom is 0.274 e. The Morgan fingerprint density at radius 2 is 1.73 bits per heavy atom. The maximum atomic E-state index is 14.1. The number of benzene rings is 3. The van der Waals surface area contributed by atoms with E-state index in [0.717, 1.165) is 27.4 Å². The van der Waals surface area contributed by atoms with Crippen molar-refractivity contribution in [1.82, 2.24) is 9.78 Å². The summed E-state index contributed by atoms with van der Waals surface area (Å²) < 4.78 is 28.4. The molecule has 0 aliphatic carbocycles. The van der Waals surface area contributed by atoms with E-state index < -0.39 is 17.7 Å². The second-order valence-electron chi connectivity index (χ2n) is 7.38. The number of hydrogen-bond acceptors (Lipinski definition) is 3. The summed E-state index contributed by atoms with van der Waals surface area (Å²) in [5, 5.41) is 16.2. The van der Waals surface area contributed by atoms with E-state index in [4.69, 9.17) is 0 Å². The predicted octanol–water partition coefficient (Wildman–Crippen LogP) is 4.69. The molecule has 1 heterocycles. The summed E-state index contributed by atoms with van der Waals surface area (Å²) >= 11 is 0. The molecule has 6 heteroatoms. The molecule has 4 nitrogen and oxygen atoms in total. The number of hydrogen-bond donors (Lipinski definition) is 1. The SMILES string of the molecule is Cc1ccc(C)c(-c2nn(C[C@@H](O)c3ccc(F)cc3F)c(=O)c3ccccc23)c1. The molecular weight excluding hydrogens is 386 g/mol. The third-order valence-corrected chi connectivity index (χ3v) is 5.18. The highest BCUT2D eigenvalue weighted by Gasteiger charge is 2.19. The largest absolute Gasteiger partial charge is 0.386 e. The number of aliphatic hydroxyl groups excluding tert-OH is 1. The lowest BCUT2D eigenvalue weighted by molar-refractivity contribution is 0.145. The van der Waals surface area contributed by atoms with Crippen molar-refractivity contribution in [2.24, 2.45) is 0 Å². The number of aryl methyl sites for hydroxylation is 2. The molecule has 1 atom stereocenters. The molecule has 0 fully saturated rings. The van der Waals surface area contributed by atoms with E-state index in [1.165, 1.54) is 6.07 Å². The van der Waals surface area contributed by atoms with Gasteiger partial charge in [0.25, 0.3) is 5.56 Å². The number of halogens is 2. The van der Waals surface area contributed by atoms with Crippen LogP contribution in [-0.4, -0.2) is 14.9 Å². The van der Waals surface area contributed by atoms with Gasteiger partial charge in [0.2, 0.25) is 0 Å². The van der Waals surface area contributed by atoms with Crippen LogP contribution in [0.15, 0.2) is 65.5 Å². The van der Waals surface area contributed by atoms with Crippen LogP contribution in [0.25, 0.3) is 22.0 Å². The fourth-order valence-corrected chi connectivity index (χ4v) is 3.58. The Kier molecular flexibility index (Phi) is 5.18. The van der Waals surface area contributed by atoms with Gasteiger partial charge >= 0.3 is 0 Å². The van der Waals surface area contributed by atoms with Crippen molar-refractivity contribution < 1.29 is 13.9 Å². The predicted molar refractivity (Wildman–Crippen MR) is 112 cm³/mol. The molecule has 0 spiro atoms. The topological polar surface area (TPSA) is 55.1 Å². The number of rotatable bonds is 4. The first-order chi connectivity index (χ1) is 14.3. The van der Waals surface area contributed by atoms with Crippen molar-refractivity contribution >= 4 is 10.8 Å². The van der Waals surface area contributed by atoms with Crippen LogP contribution in [0.5, 0.6) is 0 Å². The van der Waals surface area contributed by atoms with Gasteiger partial charge in [0, 0.05) is 22.6 Å². The first-order valence-corrected chi connectivity index (χ1v) is 9.55. The monoisotopic (exact) mass is 406 g/mol. The standard InChI is InChI=1S/C24H20F2N2O2/c1-14-7-8-15(2)20(11-14)23-17-5-3-4-6-18(17)24(30)28(27-23)13-22(29)19-10-9-16(25)12-21(19)26/h3-12,22,29H,13H2,1-2H3/t22-/m1/s1. The molecule has 0 radical (unpaired) electrons. The van der Waals surface area contributed by atoms with E-state index in [0.29, 0.717) is 22.5 Å². The van der Waals surface area contributed by atoms with Crippen molar-refractivity contribution in [2.75, 3.05) is 0 Å². The van der Waals surface area contributed by atoms with E-state index >= 15 is 0 Å². The van der Waals surface area contributed by atoms with Crippen molar-refractivity contribution in [2.45, 2.75) is 26.5 Å². The molecule has 0 aliphatic heterocycles. The molecule has 0 unspecified atom stereocenters. The summed E-state index contributed by atoms with van der Waals surface area (Å²) in [5.74, 6) is -1.60. The summed E-state index contributed by atoms with van der Waals surface area (Å²) in [5.41, 5.74) is 3.05. The number of fused-ring (bicyclic) bond motifs is 1. The Hall–Kier alpha value is -3.38. The van der Waals surface area contributed by atoms with E-state index in [2.05, 4.69) is 5.10 Å². The lowest BCUT2D eigenvalue weighted by Gasteiger charge is -2.16. The highest BCUT2D eigenvalue weighted by atomic mass is 19.1. The lowest BCUT2D eigenvalue weighted by Crippen LogP contribution is -2.27. The summed E-state index contributed by atoms with van der Waals surface area (Å²) in [7, 11) is 0. The minimum absolute atomic E-state index is 0.0912. The Labute approximate surface area is 172 Å². The van der Waals surface area contributed by atoms with E-state index in [1.54, 1.807) is 12.1 Å². The zero-order valence-electron chi connectivity index (χ0n) is 16.6. The van der Waals surface area contributed by atoms with Crippen LogP contribution in [0.1, 0.15) is 22.8 Å². The normalized spacial score (nSPS) is 12.3. The number of nitrogens with zero attached hydrogens (tertiary/aromatic N) is 2. The van der Waals surface area contributed by atoms with Gasteiger partial charge in [-0.3, -0.25) is 4.79 Å². The summed E-state index contributed by atoms with van der Waals surface area (Å²) in [6.07, 6.45) is -1.36. The number of aliphatic hydroxyl groups is 1. The highest BCUT2D eigenvalue weighted by molar-refractivity contribution is 5.94. The van der Waals surface area contributed by atoms with Gasteiger partial charge < -0.3 is 5.11 Å². The average Bonchev–Trinajstić information content (AvgIpc) is 2.72. The van der Waals surface area contributed by atoms with Gasteiger partial charge in [-0.1, -0.05) is 42.0 Å². The van der Waals surface area contributed by atoms with Crippen LogP contribution in [0, 0.1) is 25.5 Å². The maximum absolute atomic E-state index is 14.1. The minimum atomic E-state index is -1.36. The Morgan fingerprint density at radius 3 is 2.47 bits per heavy atom. The van der Waals surface area contributed by atoms with Gasteiger partial charge in [-0.25, -0.2) is 13.5 Å². The number of aromatic nitrogens is 2. The Balaban J connectivity index is 1.88. The molecule has 0 aliphatic rings. The fourth-order valence-electron chi connectivity index (χ4n) is 3.58. The molecule has 0 saturated carbocycles. The second kappa shape index (κ2) is 7.80. The van der Waals surface area contributed by atoms with Gasteiger partial charge in [-0.2, -0.15) is 5.10 Å². The highest BCUT2D eigenvalue weighted by Crippen LogP contribution is 2.29. The first kappa shape index (κ1) is 19.9. The van der Waals surface area contributed by atoms with Gasteiger partial charge in [-0.05, 0) is 37.6 Å². The second-order valence-corrected chi connectivity index (χ2v) is 7.38. The summed E-state index contributed by atoms with van der Waals surface area (Å²) in [4.78, 5) is 13.0. The molecule has 3 aromatic carbocycles. The van der Waals surface area contributed by atoms with Crippen LogP contribution >= 0.6 is 0 Å². The Bertz CT molecular complexity index is 1310. The van der Waals surface area contributed by atoms with Crippen LogP contribution in [-0.2, 0) is 6.54 Å². The molecule has 1 N–H and O–H groups in total. The van der Waals surface area contributed by atoms with E-state index in [-0.39, 0.29) is 17.7 Å². The Morgan fingerprint density at radius 1 is 1.00 bits per heavy atom. The molecule has 4 aromatic rings. The fraction of sp³-hybridized carbons (Fsp3) is 0.167. The zero-order chi connectivity index (χ0) is 21.4. The summed E-state index contributed by atoms with van der Waals surface area (Å²) in [6.45, 7) is 3.68. The molecule has 152 valence electrons. The zero-order valence-corrected chi connectivity index (χ0v) is 16.6. The van der Waals surface area contributed by atoms with Crippen LogP contribution < -0.4 is 5.56 Å². The van der Waals surface area contributed by atoms with Gasteiger partial charge in [0.1, 0.15) is 17.7 Å². The lowest BCUT2D eigenvalue weighted by atomic mass is 9.99. The quantitative estimate of drug-likeness (QED) is 0.535. The summed E-state index contributed by atoms with van der Waals surface area (Å²) in [6, 6.07) is 16.1. The molecular formula is C24H20F2N2O2. The third-order valence-electron chi connectivity index (χ3n) is 5.18. The van der Waals surface area contributed by atoms with Crippen molar-refractivity contribution in [1.29, 1.82) is 0 Å². The molecule has 4 rings (SSSR count). The smallest absolute Gasteiger partial charge is 0.274 e. The van der Waals surface area contributed by atoms with Crippen LogP contribution in [0.2, 0.25) is 0 Å². The van der Waals surface area contributed by atoms with Crippen molar-refractivity contribution in [3.8, 4) is 11.3 Å². The molecule has 0 amide bonds. The van der Waals surface area contributed by atoms with Gasteiger partial charge in [0.05, 0.1) is 17.6 Å².